The molecule has 1 aliphatic heterocycles. The minimum atomic E-state index is -0.374. The largest absolute Gasteiger partial charge is 0.507 e. The number of fused-ring (bicyclic) bond motifs is 1. The number of aromatic nitrogens is 2. The molecule has 0 saturated heterocycles. The molecule has 1 aliphatic rings. The lowest BCUT2D eigenvalue weighted by Crippen LogP contribution is -2.30. The fraction of sp³-hybridized carbons (Fsp3) is 0.214. The highest BCUT2D eigenvalue weighted by Crippen LogP contribution is 2.45. The van der Waals surface area contributed by atoms with Crippen LogP contribution in [0.15, 0.2) is 72.8 Å². The van der Waals surface area contributed by atoms with Crippen molar-refractivity contribution < 1.29 is 14.6 Å². The Balaban J connectivity index is 1.59. The summed E-state index contributed by atoms with van der Waals surface area (Å²) in [5.41, 5.74) is 3.09. The number of aromatic hydroxyl groups is 1. The van der Waals surface area contributed by atoms with Crippen LogP contribution in [0.3, 0.4) is 0 Å². The maximum atomic E-state index is 13.5. The Morgan fingerprint density at radius 3 is 2.63 bits per heavy atom. The summed E-state index contributed by atoms with van der Waals surface area (Å²) < 4.78 is 6.07. The summed E-state index contributed by atoms with van der Waals surface area (Å²) in [6.07, 6.45) is 2.98. The summed E-state index contributed by atoms with van der Waals surface area (Å²) in [6, 6.07) is 21.8. The third-order valence-corrected chi connectivity index (χ3v) is 6.47. The van der Waals surface area contributed by atoms with E-state index < -0.39 is 0 Å². The number of ether oxygens (including phenoxy) is 1. The van der Waals surface area contributed by atoms with Crippen molar-refractivity contribution >= 4 is 17.5 Å². The van der Waals surface area contributed by atoms with Gasteiger partial charge in [0, 0.05) is 22.7 Å². The van der Waals surface area contributed by atoms with Gasteiger partial charge in [0.1, 0.15) is 28.6 Å². The number of halogens is 1. The lowest BCUT2D eigenvalue weighted by atomic mass is 9.95. The fourth-order valence-electron chi connectivity index (χ4n) is 4.58. The van der Waals surface area contributed by atoms with E-state index in [1.54, 1.807) is 12.1 Å². The predicted molar refractivity (Wildman–Crippen MR) is 136 cm³/mol. The molecular weight excluding hydrogens is 462 g/mol. The van der Waals surface area contributed by atoms with Gasteiger partial charge < -0.3 is 14.7 Å². The number of aromatic amines is 1. The second kappa shape index (κ2) is 9.84. The van der Waals surface area contributed by atoms with Gasteiger partial charge in [-0.3, -0.25) is 9.89 Å². The summed E-state index contributed by atoms with van der Waals surface area (Å²) in [7, 11) is 0. The number of phenols is 1. The number of amides is 1. The van der Waals surface area contributed by atoms with Crippen molar-refractivity contribution in [2.75, 3.05) is 6.54 Å². The molecule has 3 aromatic carbocycles. The molecule has 5 rings (SSSR count). The van der Waals surface area contributed by atoms with Gasteiger partial charge in [-0.15, -0.1) is 0 Å². The molecule has 1 atom stereocenters. The Hall–Kier alpha value is -3.77. The van der Waals surface area contributed by atoms with Gasteiger partial charge in [0.05, 0.1) is 6.04 Å². The molecular formula is C28H26ClN3O3. The average molecular weight is 488 g/mol. The summed E-state index contributed by atoms with van der Waals surface area (Å²) in [5, 5.41) is 18.4. The lowest BCUT2D eigenvalue weighted by Gasteiger charge is -2.27. The Bertz CT molecular complexity index is 1350. The number of hydrogen-bond acceptors (Lipinski definition) is 4. The Morgan fingerprint density at radius 1 is 1.03 bits per heavy atom. The minimum absolute atomic E-state index is 0.0560. The van der Waals surface area contributed by atoms with Crippen molar-refractivity contribution in [1.29, 1.82) is 0 Å². The van der Waals surface area contributed by atoms with E-state index in [0.717, 1.165) is 36.1 Å². The van der Waals surface area contributed by atoms with Crippen molar-refractivity contribution in [1.82, 2.24) is 15.1 Å². The molecule has 0 saturated carbocycles. The molecule has 1 unspecified atom stereocenters. The number of para-hydroxylation sites is 1. The van der Waals surface area contributed by atoms with E-state index >= 15 is 0 Å². The predicted octanol–water partition coefficient (Wildman–Crippen LogP) is 6.96. The monoisotopic (exact) mass is 487 g/mol. The Labute approximate surface area is 209 Å². The fourth-order valence-corrected chi connectivity index (χ4v) is 4.75. The number of phenolic OH excluding ortho intramolecular Hbond substituents is 1. The number of H-pyrrole nitrogens is 1. The van der Waals surface area contributed by atoms with Gasteiger partial charge in [-0.2, -0.15) is 5.10 Å². The first-order valence-electron chi connectivity index (χ1n) is 11.8. The van der Waals surface area contributed by atoms with Crippen LogP contribution < -0.4 is 4.74 Å². The van der Waals surface area contributed by atoms with Crippen LogP contribution in [0.1, 0.15) is 53.8 Å². The summed E-state index contributed by atoms with van der Waals surface area (Å²) in [5.74, 6) is 1.37. The second-order valence-corrected chi connectivity index (χ2v) is 9.05. The quantitative estimate of drug-likeness (QED) is 0.263. The first-order valence-corrected chi connectivity index (χ1v) is 12.2. The van der Waals surface area contributed by atoms with Crippen molar-refractivity contribution in [3.63, 3.8) is 0 Å². The summed E-state index contributed by atoms with van der Waals surface area (Å²) >= 11 is 6.23. The number of hydrogen-bond donors (Lipinski definition) is 2. The molecule has 4 aromatic rings. The zero-order valence-corrected chi connectivity index (χ0v) is 20.1. The third kappa shape index (κ3) is 4.49. The standard InChI is InChI=1S/C28H26ClN3O3/c1-2-3-7-15-32-27(18-9-8-12-21(16-18)35-20-10-5-4-6-11-20)24-25(30-31-26(24)28(32)34)22-17-19(29)13-14-23(22)33/h4-6,8-14,16-17,27,33H,2-3,7,15H2,1H3,(H,30,31). The van der Waals surface area contributed by atoms with E-state index in [1.807, 2.05) is 59.5 Å². The van der Waals surface area contributed by atoms with Gasteiger partial charge >= 0.3 is 0 Å². The highest BCUT2D eigenvalue weighted by molar-refractivity contribution is 6.31. The van der Waals surface area contributed by atoms with E-state index in [0.29, 0.717) is 34.3 Å². The van der Waals surface area contributed by atoms with Crippen molar-refractivity contribution in [3.05, 3.63) is 94.6 Å². The summed E-state index contributed by atoms with van der Waals surface area (Å²) in [4.78, 5) is 15.4. The van der Waals surface area contributed by atoms with Crippen LogP contribution >= 0.6 is 11.6 Å². The van der Waals surface area contributed by atoms with Gasteiger partial charge in [-0.25, -0.2) is 0 Å². The van der Waals surface area contributed by atoms with Crippen LogP contribution in [0.25, 0.3) is 11.3 Å². The lowest BCUT2D eigenvalue weighted by molar-refractivity contribution is 0.0740. The molecule has 7 heteroatoms. The molecule has 1 amide bonds. The first kappa shape index (κ1) is 23.0. The van der Waals surface area contributed by atoms with Crippen LogP contribution in [0, 0.1) is 0 Å². The number of carbonyl (C=O) groups excluding carboxylic acids is 1. The molecule has 0 fully saturated rings. The first-order chi connectivity index (χ1) is 17.1. The van der Waals surface area contributed by atoms with E-state index in [1.165, 1.54) is 6.07 Å². The normalized spacial score (nSPS) is 14.9. The minimum Gasteiger partial charge on any atom is -0.507 e. The number of carbonyl (C=O) groups is 1. The van der Waals surface area contributed by atoms with Gasteiger partial charge in [0.25, 0.3) is 5.91 Å². The molecule has 0 aliphatic carbocycles. The van der Waals surface area contributed by atoms with Gasteiger partial charge in [-0.05, 0) is 54.4 Å². The number of nitrogens with one attached hydrogen (secondary N) is 1. The highest BCUT2D eigenvalue weighted by Gasteiger charge is 2.42. The van der Waals surface area contributed by atoms with E-state index in [9.17, 15) is 9.90 Å². The second-order valence-electron chi connectivity index (χ2n) is 8.62. The Kier molecular flexibility index (Phi) is 6.47. The van der Waals surface area contributed by atoms with E-state index in [2.05, 4.69) is 17.1 Å². The number of nitrogens with zero attached hydrogens (tertiary/aromatic N) is 2. The molecule has 178 valence electrons. The molecule has 0 bridgehead atoms. The smallest absolute Gasteiger partial charge is 0.273 e. The van der Waals surface area contributed by atoms with Crippen molar-refractivity contribution in [2.45, 2.75) is 32.2 Å². The number of unbranched alkanes of at least 4 members (excludes halogenated alkanes) is 2. The molecule has 0 spiro atoms. The van der Waals surface area contributed by atoms with Crippen LogP contribution in [0.5, 0.6) is 17.2 Å². The molecule has 0 radical (unpaired) electrons. The van der Waals surface area contributed by atoms with Crippen LogP contribution in [0.2, 0.25) is 5.02 Å². The third-order valence-electron chi connectivity index (χ3n) is 6.23. The maximum Gasteiger partial charge on any atom is 0.273 e. The average Bonchev–Trinajstić information content (AvgIpc) is 3.40. The van der Waals surface area contributed by atoms with Gasteiger partial charge in [0.15, 0.2) is 0 Å². The van der Waals surface area contributed by atoms with Gasteiger partial charge in [-0.1, -0.05) is 61.7 Å². The molecule has 2 heterocycles. The zero-order chi connectivity index (χ0) is 24.4. The topological polar surface area (TPSA) is 78.5 Å². The Morgan fingerprint density at radius 2 is 1.83 bits per heavy atom. The number of rotatable bonds is 8. The molecule has 1 aromatic heterocycles. The van der Waals surface area contributed by atoms with Crippen LogP contribution in [-0.4, -0.2) is 32.7 Å². The maximum absolute atomic E-state index is 13.5. The number of benzene rings is 3. The van der Waals surface area contributed by atoms with Crippen LogP contribution in [0.4, 0.5) is 0 Å². The highest BCUT2D eigenvalue weighted by atomic mass is 35.5. The molecule has 35 heavy (non-hydrogen) atoms. The summed E-state index contributed by atoms with van der Waals surface area (Å²) in [6.45, 7) is 2.75. The van der Waals surface area contributed by atoms with E-state index in [4.69, 9.17) is 16.3 Å². The molecule has 6 nitrogen and oxygen atoms in total. The van der Waals surface area contributed by atoms with Crippen molar-refractivity contribution in [3.8, 4) is 28.5 Å². The zero-order valence-electron chi connectivity index (χ0n) is 19.4. The SMILES string of the molecule is CCCCCN1C(=O)c2[nH]nc(-c3cc(Cl)ccc3O)c2C1c1cccc(Oc2ccccc2)c1. The molecule has 2 N–H and O–H groups in total. The van der Waals surface area contributed by atoms with Gasteiger partial charge in [0.2, 0.25) is 0 Å². The van der Waals surface area contributed by atoms with Crippen LogP contribution in [-0.2, 0) is 0 Å². The van der Waals surface area contributed by atoms with Crippen molar-refractivity contribution in [2.24, 2.45) is 0 Å². The van der Waals surface area contributed by atoms with E-state index in [-0.39, 0.29) is 17.7 Å².